The van der Waals surface area contributed by atoms with E-state index < -0.39 is 35.0 Å². The van der Waals surface area contributed by atoms with Crippen LogP contribution in [0, 0.1) is 22.7 Å². The van der Waals surface area contributed by atoms with Crippen LogP contribution in [0.4, 0.5) is 11.8 Å². The van der Waals surface area contributed by atoms with Gasteiger partial charge >= 0.3 is 5.97 Å². The summed E-state index contributed by atoms with van der Waals surface area (Å²) in [6.45, 7) is 11.0. The second-order valence-corrected chi connectivity index (χ2v) is 15.6. The number of aliphatic imine (C=N–C) groups is 2. The third kappa shape index (κ3) is 6.89. The van der Waals surface area contributed by atoms with Gasteiger partial charge in [0.1, 0.15) is 23.1 Å². The number of hydrogen-bond donors (Lipinski definition) is 5. The van der Waals surface area contributed by atoms with E-state index in [1.54, 1.807) is 30.8 Å². The number of ether oxygens (including phenoxy) is 1. The molecule has 5 heterocycles. The molecule has 0 amide bonds. The van der Waals surface area contributed by atoms with Crippen LogP contribution in [-0.4, -0.2) is 90.9 Å². The number of esters is 1. The number of ketones is 1. The molecule has 284 valence electrons. The van der Waals surface area contributed by atoms with E-state index in [2.05, 4.69) is 49.1 Å². The molecule has 0 aromatic carbocycles. The first kappa shape index (κ1) is 37.3. The Balaban J connectivity index is 1.25. The molecule has 0 radical (unpaired) electrons. The second kappa shape index (κ2) is 14.6. The number of amidine groups is 1. The fourth-order valence-corrected chi connectivity index (χ4v) is 9.21. The molecule has 5 unspecified atom stereocenters. The number of rotatable bonds is 12. The number of cyclic esters (lactones) is 1. The average Bonchev–Trinajstić information content (AvgIpc) is 3.88. The molecule has 14 nitrogen and oxygen atoms in total. The maximum Gasteiger partial charge on any atom is 0.341 e. The highest BCUT2D eigenvalue weighted by Gasteiger charge is 2.60. The quantitative estimate of drug-likeness (QED) is 0.134. The van der Waals surface area contributed by atoms with E-state index in [1.165, 1.54) is 0 Å². The van der Waals surface area contributed by atoms with Gasteiger partial charge in [-0.3, -0.25) is 9.79 Å². The monoisotopic (exact) mass is 735 g/mol. The van der Waals surface area contributed by atoms with Gasteiger partial charge in [-0.05, 0) is 74.1 Å². The number of nitrogens with zero attached hydrogens (tertiary/aromatic N) is 6. The fourth-order valence-electron chi connectivity index (χ4n) is 9.21. The molecule has 2 aliphatic carbocycles. The van der Waals surface area contributed by atoms with Crippen molar-refractivity contribution in [2.45, 2.75) is 77.1 Å². The predicted octanol–water partition coefficient (Wildman–Crippen LogP) is 3.78. The van der Waals surface area contributed by atoms with E-state index in [0.29, 0.717) is 60.9 Å². The molecule has 14 heteroatoms. The summed E-state index contributed by atoms with van der Waals surface area (Å²) in [7, 11) is 1.86. The molecule has 0 bridgehead atoms. The van der Waals surface area contributed by atoms with Crippen LogP contribution < -0.4 is 16.4 Å². The maximum absolute atomic E-state index is 13.8. The number of carbonyl (C=O) groups is 2. The topological polar surface area (TPSA) is 202 Å². The molecule has 3 aromatic heterocycles. The van der Waals surface area contributed by atoms with Gasteiger partial charge in [0, 0.05) is 54.3 Å². The average molecular weight is 736 g/mol. The Hall–Kier alpha value is -5.05. The summed E-state index contributed by atoms with van der Waals surface area (Å²) >= 11 is 0. The van der Waals surface area contributed by atoms with Crippen molar-refractivity contribution in [3.05, 3.63) is 71.9 Å². The Morgan fingerprint density at radius 3 is 2.81 bits per heavy atom. The van der Waals surface area contributed by atoms with Gasteiger partial charge in [0.15, 0.2) is 5.78 Å². The Labute approximate surface area is 314 Å². The van der Waals surface area contributed by atoms with Gasteiger partial charge < -0.3 is 35.9 Å². The fraction of sp³-hybridized carbons (Fsp3) is 0.475. The number of carbonyl (C=O) groups excluding carboxylic acids is 2. The number of nitrogens with one attached hydrogen (secondary N) is 2. The Kier molecular flexibility index (Phi) is 10.1. The van der Waals surface area contributed by atoms with Crippen LogP contribution >= 0.6 is 0 Å². The van der Waals surface area contributed by atoms with Gasteiger partial charge in [-0.2, -0.15) is 4.98 Å². The number of aliphatic hydroxyl groups excluding tert-OH is 2. The molecular formula is C40H49N9O5. The van der Waals surface area contributed by atoms with Gasteiger partial charge in [0.25, 0.3) is 0 Å². The first-order valence-electron chi connectivity index (χ1n) is 18.5. The molecule has 8 atom stereocenters. The molecular weight excluding hydrogens is 686 g/mol. The first-order valence-corrected chi connectivity index (χ1v) is 18.5. The van der Waals surface area contributed by atoms with Crippen molar-refractivity contribution in [3.63, 3.8) is 0 Å². The van der Waals surface area contributed by atoms with Crippen molar-refractivity contribution in [2.24, 2.45) is 39.7 Å². The molecule has 6 N–H and O–H groups in total. The molecule has 7 rings (SSSR count). The van der Waals surface area contributed by atoms with E-state index in [0.717, 1.165) is 16.5 Å². The Morgan fingerprint density at radius 1 is 1.28 bits per heavy atom. The zero-order valence-corrected chi connectivity index (χ0v) is 31.2. The highest BCUT2D eigenvalue weighted by Crippen LogP contribution is 2.62. The number of aryl methyl sites for hydroxylation is 1. The zero-order chi connectivity index (χ0) is 38.4. The van der Waals surface area contributed by atoms with Crippen molar-refractivity contribution in [1.82, 2.24) is 24.8 Å². The van der Waals surface area contributed by atoms with E-state index in [4.69, 9.17) is 10.5 Å². The highest BCUT2D eigenvalue weighted by molar-refractivity contribution is 6.07. The molecule has 0 saturated heterocycles. The SMILES string of the molecule is C=C1C(NC(C)C(=O)CC2=NCC=N2)CC2[C@](C)(CC[C@@H](O)[C@@]2(C)CO)C1CC(Nc1ccccn1)C1=C/C(=C\c2cn(C)c3nc(N)ncc23)OC1=O. The number of pyridine rings is 1. The summed E-state index contributed by atoms with van der Waals surface area (Å²) in [5.41, 5.74) is 7.39. The number of nitrogens with two attached hydrogens (primary N) is 1. The van der Waals surface area contributed by atoms with E-state index in [1.807, 2.05) is 49.9 Å². The number of fused-ring (bicyclic) bond motifs is 2. The summed E-state index contributed by atoms with van der Waals surface area (Å²) in [5.74, 6) is 0.786. The molecule has 2 saturated carbocycles. The number of anilines is 2. The highest BCUT2D eigenvalue weighted by atomic mass is 16.5. The van der Waals surface area contributed by atoms with Gasteiger partial charge in [-0.15, -0.1) is 0 Å². The minimum absolute atomic E-state index is 0.0341. The van der Waals surface area contributed by atoms with Crippen molar-refractivity contribution in [1.29, 1.82) is 0 Å². The van der Waals surface area contributed by atoms with Gasteiger partial charge in [0.2, 0.25) is 5.95 Å². The van der Waals surface area contributed by atoms with Crippen molar-refractivity contribution in [2.75, 3.05) is 24.2 Å². The largest absolute Gasteiger partial charge is 0.423 e. The van der Waals surface area contributed by atoms with E-state index >= 15 is 0 Å². The number of nitrogen functional groups attached to an aromatic ring is 1. The molecule has 3 aromatic rings. The van der Waals surface area contributed by atoms with Gasteiger partial charge in [-0.1, -0.05) is 32.1 Å². The lowest BCUT2D eigenvalue weighted by Gasteiger charge is -2.62. The molecule has 0 spiro atoms. The van der Waals surface area contributed by atoms with E-state index in [9.17, 15) is 19.8 Å². The number of aromatic nitrogens is 4. The summed E-state index contributed by atoms with van der Waals surface area (Å²) in [5, 5.41) is 30.1. The molecule has 4 aliphatic rings. The van der Waals surface area contributed by atoms with Crippen LogP contribution in [-0.2, 0) is 21.4 Å². The van der Waals surface area contributed by atoms with Crippen molar-refractivity contribution in [3.8, 4) is 0 Å². The second-order valence-electron chi connectivity index (χ2n) is 15.6. The van der Waals surface area contributed by atoms with Crippen LogP contribution in [0.5, 0.6) is 0 Å². The third-order valence-electron chi connectivity index (χ3n) is 12.3. The van der Waals surface area contributed by atoms with E-state index in [-0.39, 0.29) is 42.6 Å². The normalized spacial score (nSPS) is 29.9. The summed E-state index contributed by atoms with van der Waals surface area (Å²) in [4.78, 5) is 48.7. The summed E-state index contributed by atoms with van der Waals surface area (Å²) in [6, 6.07) is 4.16. The van der Waals surface area contributed by atoms with Crippen LogP contribution in [0.3, 0.4) is 0 Å². The summed E-state index contributed by atoms with van der Waals surface area (Å²) < 4.78 is 7.72. The Bertz CT molecular complexity index is 2090. The summed E-state index contributed by atoms with van der Waals surface area (Å²) in [6.07, 6.45) is 12.1. The lowest BCUT2D eigenvalue weighted by Crippen LogP contribution is -2.62. The first-order chi connectivity index (χ1) is 25.8. The lowest BCUT2D eigenvalue weighted by molar-refractivity contribution is -0.156. The number of hydrogen-bond acceptors (Lipinski definition) is 13. The maximum atomic E-state index is 13.8. The van der Waals surface area contributed by atoms with Crippen molar-refractivity contribution >= 4 is 52.7 Å². The molecule has 2 aliphatic heterocycles. The Morgan fingerprint density at radius 2 is 2.09 bits per heavy atom. The zero-order valence-electron chi connectivity index (χ0n) is 31.2. The lowest BCUT2D eigenvalue weighted by atomic mass is 9.45. The van der Waals surface area contributed by atoms with Gasteiger partial charge in [-0.25, -0.2) is 19.8 Å². The number of Topliss-reactive ketones (excluding diaryl/α,β-unsaturated/α-hetero) is 1. The minimum Gasteiger partial charge on any atom is -0.423 e. The smallest absolute Gasteiger partial charge is 0.341 e. The molecule has 54 heavy (non-hydrogen) atoms. The van der Waals surface area contributed by atoms with Crippen LogP contribution in [0.25, 0.3) is 17.1 Å². The minimum atomic E-state index is -0.801. The number of allylic oxidation sites excluding steroid dienone is 1. The van der Waals surface area contributed by atoms with Crippen LogP contribution in [0.2, 0.25) is 0 Å². The van der Waals surface area contributed by atoms with Crippen LogP contribution in [0.1, 0.15) is 58.4 Å². The number of aliphatic hydroxyl groups is 2. The molecule has 2 fully saturated rings. The standard InChI is InChI=1S/C40H49N9O5/c1-22-28(39(3)10-9-33(52)40(4,21-50)32(39)17-29(22)46-23(2)31(51)18-35-43-12-13-44-35)16-30(47-34-8-6-7-11-42-34)26-15-25(54-37(26)53)14-24-20-49(5)36-27(24)19-45-38(41)48-36/h6-8,11-12,14-15,19-20,23,28-30,32-33,46,50,52H,1,9-10,13,16-18,21H2,2-5H3,(H,42,47)(H2,41,45,48)/b25-14+/t23?,28?,29?,30?,32?,33-,39-,40+/m1/s1. The van der Waals surface area contributed by atoms with Gasteiger partial charge in [0.05, 0.1) is 43.3 Å². The van der Waals surface area contributed by atoms with Crippen molar-refractivity contribution < 1.29 is 24.5 Å². The predicted molar refractivity (Wildman–Crippen MR) is 207 cm³/mol. The van der Waals surface area contributed by atoms with Crippen LogP contribution in [0.15, 0.2) is 76.3 Å². The third-order valence-corrected chi connectivity index (χ3v) is 12.3.